The number of hydrogen-bond donors (Lipinski definition) is 1. The lowest BCUT2D eigenvalue weighted by Crippen LogP contribution is -2.40. The Morgan fingerprint density at radius 2 is 2.15 bits per heavy atom. The molecule has 0 aromatic heterocycles. The lowest BCUT2D eigenvalue weighted by atomic mass is 10.2. The highest BCUT2D eigenvalue weighted by atomic mass is 19.4. The van der Waals surface area contributed by atoms with Crippen LogP contribution in [0.1, 0.15) is 6.42 Å². The van der Waals surface area contributed by atoms with Gasteiger partial charge in [-0.3, -0.25) is 4.90 Å². The van der Waals surface area contributed by atoms with E-state index >= 15 is 0 Å². The highest BCUT2D eigenvalue weighted by Gasteiger charge is 2.39. The predicted octanol–water partition coefficient (Wildman–Crippen LogP) is 0.617. The van der Waals surface area contributed by atoms with Gasteiger partial charge in [0.2, 0.25) is 0 Å². The number of aliphatic hydroxyl groups excluding tert-OH is 1. The zero-order valence-corrected chi connectivity index (χ0v) is 6.88. The molecule has 1 saturated heterocycles. The highest BCUT2D eigenvalue weighted by molar-refractivity contribution is 5.07. The number of alkyl halides is 3. The van der Waals surface area contributed by atoms with Gasteiger partial charge in [-0.25, -0.2) is 0 Å². The average Bonchev–Trinajstić information content (AvgIpc) is 2.28. The summed E-state index contributed by atoms with van der Waals surface area (Å²) in [4.78, 5) is 1.07. The third kappa shape index (κ3) is 2.61. The second kappa shape index (κ2) is 3.56. The molecule has 74 valence electrons. The molecule has 2 nitrogen and oxygen atoms in total. The van der Waals surface area contributed by atoms with Crippen molar-refractivity contribution in [3.8, 4) is 12.3 Å². The Morgan fingerprint density at radius 3 is 2.62 bits per heavy atom. The molecular formula is C8H10F3NO. The van der Waals surface area contributed by atoms with E-state index in [1.165, 1.54) is 0 Å². The number of halogens is 3. The Bertz CT molecular complexity index is 220. The Kier molecular flexibility index (Phi) is 2.84. The summed E-state index contributed by atoms with van der Waals surface area (Å²) in [5.74, 6) is 2.16. The first kappa shape index (κ1) is 10.4. The lowest BCUT2D eigenvalue weighted by Gasteiger charge is -2.22. The van der Waals surface area contributed by atoms with Crippen LogP contribution in [0.5, 0.6) is 0 Å². The van der Waals surface area contributed by atoms with E-state index in [-0.39, 0.29) is 6.54 Å². The maximum absolute atomic E-state index is 12.0. The zero-order chi connectivity index (χ0) is 10.1. The minimum absolute atomic E-state index is 0.204. The number of hydrogen-bond acceptors (Lipinski definition) is 2. The molecule has 1 heterocycles. The summed E-state index contributed by atoms with van der Waals surface area (Å²) in [6.07, 6.45) is 0.248. The molecule has 0 amide bonds. The number of likely N-dealkylation sites (tertiary alicyclic amines) is 1. The van der Waals surface area contributed by atoms with E-state index in [2.05, 4.69) is 5.92 Å². The minimum Gasteiger partial charge on any atom is -0.390 e. The van der Waals surface area contributed by atoms with Crippen LogP contribution in [0.25, 0.3) is 0 Å². The normalized spacial score (nSPS) is 30.4. The van der Waals surface area contributed by atoms with Crippen molar-refractivity contribution in [2.24, 2.45) is 0 Å². The van der Waals surface area contributed by atoms with E-state index in [4.69, 9.17) is 6.42 Å². The van der Waals surface area contributed by atoms with Gasteiger partial charge in [0.05, 0.1) is 18.7 Å². The molecule has 2 unspecified atom stereocenters. The molecule has 1 rings (SSSR count). The zero-order valence-electron chi connectivity index (χ0n) is 6.88. The van der Waals surface area contributed by atoms with E-state index in [1.807, 2.05) is 0 Å². The van der Waals surface area contributed by atoms with Crippen molar-refractivity contribution in [1.29, 1.82) is 0 Å². The second-order valence-corrected chi connectivity index (χ2v) is 3.05. The van der Waals surface area contributed by atoms with Crippen molar-refractivity contribution >= 4 is 0 Å². The molecule has 0 spiro atoms. The number of nitrogens with zero attached hydrogens (tertiary/aromatic N) is 1. The van der Waals surface area contributed by atoms with Gasteiger partial charge >= 0.3 is 6.18 Å². The Hall–Kier alpha value is -0.730. The van der Waals surface area contributed by atoms with Crippen molar-refractivity contribution in [1.82, 2.24) is 4.90 Å². The molecule has 0 radical (unpaired) electrons. The van der Waals surface area contributed by atoms with Gasteiger partial charge in [0.15, 0.2) is 0 Å². The molecule has 2 atom stereocenters. The van der Waals surface area contributed by atoms with Gasteiger partial charge in [0, 0.05) is 6.54 Å². The molecule has 1 fully saturated rings. The van der Waals surface area contributed by atoms with Crippen LogP contribution < -0.4 is 0 Å². The van der Waals surface area contributed by atoms with E-state index in [0.29, 0.717) is 6.42 Å². The molecule has 0 saturated carbocycles. The van der Waals surface area contributed by atoms with Crippen molar-refractivity contribution in [3.05, 3.63) is 0 Å². The standard InChI is InChI=1S/C8H10F3NO/c1-2-6-7(13)3-4-12(6)5-8(9,10)11/h1,6-7,13H,3-5H2. The van der Waals surface area contributed by atoms with Crippen molar-refractivity contribution < 1.29 is 18.3 Å². The van der Waals surface area contributed by atoms with Crippen LogP contribution >= 0.6 is 0 Å². The van der Waals surface area contributed by atoms with Gasteiger partial charge in [-0.1, -0.05) is 5.92 Å². The molecule has 0 aromatic carbocycles. The summed E-state index contributed by atoms with van der Waals surface area (Å²) in [7, 11) is 0. The van der Waals surface area contributed by atoms with E-state index in [9.17, 15) is 18.3 Å². The maximum Gasteiger partial charge on any atom is 0.401 e. The quantitative estimate of drug-likeness (QED) is 0.617. The fourth-order valence-electron chi connectivity index (χ4n) is 1.46. The Balaban J connectivity index is 2.57. The monoisotopic (exact) mass is 193 g/mol. The highest BCUT2D eigenvalue weighted by Crippen LogP contribution is 2.23. The van der Waals surface area contributed by atoms with Gasteiger partial charge in [-0.15, -0.1) is 6.42 Å². The summed E-state index contributed by atoms with van der Waals surface area (Å²) in [5, 5.41) is 9.20. The van der Waals surface area contributed by atoms with Crippen LogP contribution in [0, 0.1) is 12.3 Å². The first-order valence-electron chi connectivity index (χ1n) is 3.89. The third-order valence-electron chi connectivity index (χ3n) is 2.02. The SMILES string of the molecule is C#CC1C(O)CCN1CC(F)(F)F. The predicted molar refractivity (Wildman–Crippen MR) is 40.9 cm³/mol. The molecule has 0 aromatic rings. The summed E-state index contributed by atoms with van der Waals surface area (Å²) >= 11 is 0. The molecule has 5 heteroatoms. The number of rotatable bonds is 1. The van der Waals surface area contributed by atoms with Gasteiger partial charge in [0.25, 0.3) is 0 Å². The minimum atomic E-state index is -4.25. The van der Waals surface area contributed by atoms with Crippen LogP contribution in [0.15, 0.2) is 0 Å². The fraction of sp³-hybridized carbons (Fsp3) is 0.750. The summed E-state index contributed by atoms with van der Waals surface area (Å²) < 4.78 is 35.9. The number of aliphatic hydroxyl groups is 1. The largest absolute Gasteiger partial charge is 0.401 e. The van der Waals surface area contributed by atoms with Gasteiger partial charge in [-0.05, 0) is 6.42 Å². The summed E-state index contributed by atoms with van der Waals surface area (Å²) in [6, 6.07) is -0.790. The van der Waals surface area contributed by atoms with Crippen LogP contribution in [0.4, 0.5) is 13.2 Å². The van der Waals surface area contributed by atoms with E-state index in [1.54, 1.807) is 0 Å². The van der Waals surface area contributed by atoms with E-state index in [0.717, 1.165) is 4.90 Å². The van der Waals surface area contributed by atoms with E-state index < -0.39 is 24.9 Å². The first-order valence-corrected chi connectivity index (χ1v) is 3.89. The third-order valence-corrected chi connectivity index (χ3v) is 2.02. The van der Waals surface area contributed by atoms with Crippen molar-refractivity contribution in [2.75, 3.05) is 13.1 Å². The molecular weight excluding hydrogens is 183 g/mol. The maximum atomic E-state index is 12.0. The lowest BCUT2D eigenvalue weighted by molar-refractivity contribution is -0.146. The molecule has 1 aliphatic rings. The molecule has 13 heavy (non-hydrogen) atoms. The van der Waals surface area contributed by atoms with Crippen molar-refractivity contribution in [2.45, 2.75) is 24.7 Å². The molecule has 0 aliphatic carbocycles. The van der Waals surface area contributed by atoms with Crippen LogP contribution in [-0.2, 0) is 0 Å². The van der Waals surface area contributed by atoms with Crippen LogP contribution in [0.2, 0.25) is 0 Å². The Labute approximate surface area is 74.3 Å². The average molecular weight is 193 g/mol. The van der Waals surface area contributed by atoms with Crippen LogP contribution in [-0.4, -0.2) is 41.4 Å². The number of terminal acetylenes is 1. The van der Waals surface area contributed by atoms with Gasteiger partial charge in [-0.2, -0.15) is 13.2 Å². The summed E-state index contributed by atoms with van der Waals surface area (Å²) in [5.41, 5.74) is 0. The molecule has 1 N–H and O–H groups in total. The fourth-order valence-corrected chi connectivity index (χ4v) is 1.46. The topological polar surface area (TPSA) is 23.5 Å². The second-order valence-electron chi connectivity index (χ2n) is 3.05. The van der Waals surface area contributed by atoms with Crippen molar-refractivity contribution in [3.63, 3.8) is 0 Å². The van der Waals surface area contributed by atoms with Gasteiger partial charge in [0.1, 0.15) is 0 Å². The smallest absolute Gasteiger partial charge is 0.390 e. The Morgan fingerprint density at radius 1 is 1.54 bits per heavy atom. The first-order chi connectivity index (χ1) is 5.94. The molecule has 1 aliphatic heterocycles. The summed E-state index contributed by atoms with van der Waals surface area (Å²) in [6.45, 7) is -0.839. The van der Waals surface area contributed by atoms with Crippen LogP contribution in [0.3, 0.4) is 0 Å². The molecule has 0 bridgehead atoms. The van der Waals surface area contributed by atoms with Gasteiger partial charge < -0.3 is 5.11 Å².